The number of carbonyl (C=O) groups is 1. The third-order valence-corrected chi connectivity index (χ3v) is 3.74. The highest BCUT2D eigenvalue weighted by atomic mass is 16.4. The van der Waals surface area contributed by atoms with E-state index in [9.17, 15) is 9.90 Å². The molecule has 0 aromatic heterocycles. The van der Waals surface area contributed by atoms with E-state index < -0.39 is 5.97 Å². The lowest BCUT2D eigenvalue weighted by Crippen LogP contribution is -2.48. The average Bonchev–Trinajstić information content (AvgIpc) is 2.12. The highest BCUT2D eigenvalue weighted by molar-refractivity contribution is 5.76. The van der Waals surface area contributed by atoms with Gasteiger partial charge < -0.3 is 10.0 Å². The number of carboxylic acid groups (broad SMARTS) is 1. The maximum atomic E-state index is 11.2. The van der Waals surface area contributed by atoms with E-state index in [2.05, 4.69) is 4.90 Å². The van der Waals surface area contributed by atoms with Gasteiger partial charge in [0.15, 0.2) is 0 Å². The number of carboxylic acids is 1. The van der Waals surface area contributed by atoms with Crippen molar-refractivity contribution in [2.24, 2.45) is 5.41 Å². The lowest BCUT2D eigenvalue weighted by molar-refractivity contribution is -0.156. The van der Waals surface area contributed by atoms with Crippen molar-refractivity contribution in [3.05, 3.63) is 0 Å². The molecule has 0 bridgehead atoms. The molecule has 0 amide bonds. The summed E-state index contributed by atoms with van der Waals surface area (Å²) in [7, 11) is 0. The molecule has 2 aliphatic rings. The third-order valence-electron chi connectivity index (χ3n) is 3.74. The van der Waals surface area contributed by atoms with Crippen LogP contribution in [0, 0.1) is 5.41 Å². The van der Waals surface area contributed by atoms with Gasteiger partial charge in [-0.05, 0) is 38.8 Å². The molecule has 2 rings (SSSR count). The Labute approximate surface area is 85.1 Å². The summed E-state index contributed by atoms with van der Waals surface area (Å²) in [5.74, 6) is -0.575. The van der Waals surface area contributed by atoms with E-state index >= 15 is 0 Å². The lowest BCUT2D eigenvalue weighted by atomic mass is 9.68. The standard InChI is InChI=1S/C11H19NO2/c13-10(14)11(5-4-6-11)9-12-7-2-1-3-8-12/h1-9H2,(H,13,14). The molecule has 0 aromatic rings. The van der Waals surface area contributed by atoms with Gasteiger partial charge in [-0.3, -0.25) is 4.79 Å². The largest absolute Gasteiger partial charge is 0.481 e. The van der Waals surface area contributed by atoms with Crippen LogP contribution in [0.2, 0.25) is 0 Å². The Morgan fingerprint density at radius 1 is 1.14 bits per heavy atom. The molecule has 1 heterocycles. The van der Waals surface area contributed by atoms with Crippen LogP contribution in [0.1, 0.15) is 38.5 Å². The molecule has 2 fully saturated rings. The van der Waals surface area contributed by atoms with Crippen molar-refractivity contribution in [1.82, 2.24) is 4.90 Å². The van der Waals surface area contributed by atoms with E-state index in [1.54, 1.807) is 0 Å². The molecule has 80 valence electrons. The van der Waals surface area contributed by atoms with Crippen molar-refractivity contribution >= 4 is 5.97 Å². The minimum atomic E-state index is -0.575. The Balaban J connectivity index is 1.90. The van der Waals surface area contributed by atoms with Crippen LogP contribution in [0.5, 0.6) is 0 Å². The topological polar surface area (TPSA) is 40.5 Å². The lowest BCUT2D eigenvalue weighted by Gasteiger charge is -2.42. The molecule has 0 atom stereocenters. The second kappa shape index (κ2) is 3.89. The number of hydrogen-bond donors (Lipinski definition) is 1. The summed E-state index contributed by atoms with van der Waals surface area (Å²) in [6.45, 7) is 3.01. The van der Waals surface area contributed by atoms with Gasteiger partial charge in [0, 0.05) is 6.54 Å². The first-order valence-electron chi connectivity index (χ1n) is 5.69. The van der Waals surface area contributed by atoms with Crippen LogP contribution in [0.25, 0.3) is 0 Å². The van der Waals surface area contributed by atoms with Gasteiger partial charge in [-0.1, -0.05) is 12.8 Å². The molecule has 14 heavy (non-hydrogen) atoms. The maximum Gasteiger partial charge on any atom is 0.310 e. The Bertz CT molecular complexity index is 217. The van der Waals surface area contributed by atoms with Gasteiger partial charge in [0.1, 0.15) is 0 Å². The van der Waals surface area contributed by atoms with Gasteiger partial charge in [0.2, 0.25) is 0 Å². The van der Waals surface area contributed by atoms with Crippen LogP contribution < -0.4 is 0 Å². The second-order valence-corrected chi connectivity index (χ2v) is 4.78. The molecule has 1 aliphatic heterocycles. The van der Waals surface area contributed by atoms with Crippen LogP contribution in [0.15, 0.2) is 0 Å². The minimum Gasteiger partial charge on any atom is -0.481 e. The summed E-state index contributed by atoms with van der Waals surface area (Å²) in [5, 5.41) is 9.19. The zero-order valence-corrected chi connectivity index (χ0v) is 8.67. The fraction of sp³-hybridized carbons (Fsp3) is 0.909. The van der Waals surface area contributed by atoms with E-state index in [0.717, 1.165) is 38.9 Å². The van der Waals surface area contributed by atoms with Gasteiger partial charge >= 0.3 is 5.97 Å². The number of aliphatic carboxylic acids is 1. The highest BCUT2D eigenvalue weighted by Gasteiger charge is 2.45. The van der Waals surface area contributed by atoms with Gasteiger partial charge in [-0.25, -0.2) is 0 Å². The van der Waals surface area contributed by atoms with Crippen molar-refractivity contribution < 1.29 is 9.90 Å². The van der Waals surface area contributed by atoms with E-state index in [-0.39, 0.29) is 5.41 Å². The maximum absolute atomic E-state index is 11.2. The van der Waals surface area contributed by atoms with Gasteiger partial charge in [-0.15, -0.1) is 0 Å². The Morgan fingerprint density at radius 2 is 1.79 bits per heavy atom. The van der Waals surface area contributed by atoms with Gasteiger partial charge in [0.25, 0.3) is 0 Å². The summed E-state index contributed by atoms with van der Waals surface area (Å²) in [5.41, 5.74) is -0.378. The van der Waals surface area contributed by atoms with Crippen LogP contribution >= 0.6 is 0 Å². The first-order valence-corrected chi connectivity index (χ1v) is 5.69. The molecule has 1 saturated carbocycles. The quantitative estimate of drug-likeness (QED) is 0.749. The summed E-state index contributed by atoms with van der Waals surface area (Å²) >= 11 is 0. The third kappa shape index (κ3) is 1.78. The predicted molar refractivity (Wildman–Crippen MR) is 54.2 cm³/mol. The monoisotopic (exact) mass is 197 g/mol. The molecule has 0 unspecified atom stereocenters. The highest BCUT2D eigenvalue weighted by Crippen LogP contribution is 2.42. The molecule has 0 aromatic carbocycles. The van der Waals surface area contributed by atoms with E-state index in [1.807, 2.05) is 0 Å². The zero-order valence-electron chi connectivity index (χ0n) is 8.67. The SMILES string of the molecule is O=C(O)C1(CN2CCCCC2)CCC1. The fourth-order valence-corrected chi connectivity index (χ4v) is 2.59. The van der Waals surface area contributed by atoms with Crippen LogP contribution in [0.3, 0.4) is 0 Å². The summed E-state index contributed by atoms with van der Waals surface area (Å²) in [6.07, 6.45) is 6.68. The van der Waals surface area contributed by atoms with E-state index in [4.69, 9.17) is 0 Å². The fourth-order valence-electron chi connectivity index (χ4n) is 2.59. The van der Waals surface area contributed by atoms with Gasteiger partial charge in [-0.2, -0.15) is 0 Å². The van der Waals surface area contributed by atoms with Crippen LogP contribution in [-0.2, 0) is 4.79 Å². The smallest absolute Gasteiger partial charge is 0.310 e. The molecule has 3 heteroatoms. The van der Waals surface area contributed by atoms with Crippen molar-refractivity contribution in [2.75, 3.05) is 19.6 Å². The van der Waals surface area contributed by atoms with Crippen LogP contribution in [0.4, 0.5) is 0 Å². The minimum absolute atomic E-state index is 0.378. The van der Waals surface area contributed by atoms with Crippen molar-refractivity contribution in [3.8, 4) is 0 Å². The van der Waals surface area contributed by atoms with Crippen molar-refractivity contribution in [3.63, 3.8) is 0 Å². The molecule has 1 N–H and O–H groups in total. The summed E-state index contributed by atoms with van der Waals surface area (Å²) in [4.78, 5) is 13.5. The molecule has 0 spiro atoms. The van der Waals surface area contributed by atoms with Crippen LogP contribution in [-0.4, -0.2) is 35.6 Å². The van der Waals surface area contributed by atoms with E-state index in [0.29, 0.717) is 0 Å². The summed E-state index contributed by atoms with van der Waals surface area (Å²) < 4.78 is 0. The molecule has 0 radical (unpaired) electrons. The molecule has 1 aliphatic carbocycles. The van der Waals surface area contributed by atoms with Crippen molar-refractivity contribution in [1.29, 1.82) is 0 Å². The second-order valence-electron chi connectivity index (χ2n) is 4.78. The Kier molecular flexibility index (Phi) is 2.77. The Hall–Kier alpha value is -0.570. The normalized spacial score (nSPS) is 26.9. The predicted octanol–water partition coefficient (Wildman–Crippen LogP) is 1.73. The first kappa shape index (κ1) is 9.97. The number of hydrogen-bond acceptors (Lipinski definition) is 2. The average molecular weight is 197 g/mol. The number of nitrogens with zero attached hydrogens (tertiary/aromatic N) is 1. The van der Waals surface area contributed by atoms with Gasteiger partial charge in [0.05, 0.1) is 5.41 Å². The molecular formula is C11H19NO2. The first-order chi connectivity index (χ1) is 6.73. The molecule has 1 saturated heterocycles. The number of likely N-dealkylation sites (tertiary alicyclic amines) is 1. The molecular weight excluding hydrogens is 178 g/mol. The number of piperidine rings is 1. The van der Waals surface area contributed by atoms with Crippen molar-refractivity contribution in [2.45, 2.75) is 38.5 Å². The molecule has 3 nitrogen and oxygen atoms in total. The Morgan fingerprint density at radius 3 is 2.21 bits per heavy atom. The number of rotatable bonds is 3. The summed E-state index contributed by atoms with van der Waals surface area (Å²) in [6, 6.07) is 0. The zero-order chi connectivity index (χ0) is 10.0. The van der Waals surface area contributed by atoms with E-state index in [1.165, 1.54) is 19.3 Å².